The highest BCUT2D eigenvalue weighted by Crippen LogP contribution is 2.45. The summed E-state index contributed by atoms with van der Waals surface area (Å²) in [4.78, 5) is 15.1. The van der Waals surface area contributed by atoms with Crippen molar-refractivity contribution in [1.82, 2.24) is 15.1 Å². The fraction of sp³-hybridized carbons (Fsp3) is 0.273. The number of hydrogen-bond donors (Lipinski definition) is 2. The summed E-state index contributed by atoms with van der Waals surface area (Å²) in [6.07, 6.45) is 1.90. The molecule has 1 aromatic heterocycles. The van der Waals surface area contributed by atoms with E-state index in [1.165, 1.54) is 0 Å². The predicted molar refractivity (Wildman–Crippen MR) is 117 cm³/mol. The zero-order valence-electron chi connectivity index (χ0n) is 16.2. The van der Waals surface area contributed by atoms with Crippen molar-refractivity contribution >= 4 is 33.4 Å². The fourth-order valence-electron chi connectivity index (χ4n) is 3.84. The molecule has 1 aliphatic rings. The Morgan fingerprint density at radius 2 is 2.10 bits per heavy atom. The molecule has 2 aromatic carbocycles. The van der Waals surface area contributed by atoms with Crippen LogP contribution in [0.4, 0.5) is 0 Å². The van der Waals surface area contributed by atoms with E-state index in [1.54, 1.807) is 12.1 Å². The molecule has 1 amide bonds. The Bertz CT molecular complexity index is 1100. The van der Waals surface area contributed by atoms with Gasteiger partial charge in [0.05, 0.1) is 6.04 Å². The number of halogens is 2. The van der Waals surface area contributed by atoms with Crippen molar-refractivity contribution in [3.63, 3.8) is 0 Å². The first-order valence-electron chi connectivity index (χ1n) is 9.56. The molecule has 5 nitrogen and oxygen atoms in total. The third-order valence-corrected chi connectivity index (χ3v) is 6.21. The summed E-state index contributed by atoms with van der Waals surface area (Å²) in [6, 6.07) is 11.0. The van der Waals surface area contributed by atoms with Gasteiger partial charge < -0.3 is 10.0 Å². The molecule has 0 fully saturated rings. The molecule has 29 heavy (non-hydrogen) atoms. The summed E-state index contributed by atoms with van der Waals surface area (Å²) in [6.45, 7) is 4.59. The third-order valence-electron chi connectivity index (χ3n) is 5.31. The van der Waals surface area contributed by atoms with Crippen molar-refractivity contribution in [2.24, 2.45) is 0 Å². The van der Waals surface area contributed by atoms with Crippen LogP contribution in [0, 0.1) is 6.92 Å². The molecule has 0 aliphatic carbocycles. The molecule has 0 spiro atoms. The van der Waals surface area contributed by atoms with E-state index in [0.29, 0.717) is 28.5 Å². The van der Waals surface area contributed by atoms with Crippen LogP contribution >= 0.6 is 27.5 Å². The normalized spacial score (nSPS) is 15.8. The Hall–Kier alpha value is -2.31. The predicted octanol–water partition coefficient (Wildman–Crippen LogP) is 5.85. The van der Waals surface area contributed by atoms with Crippen LogP contribution in [-0.4, -0.2) is 32.7 Å². The number of nitrogens with zero attached hydrogens (tertiary/aromatic N) is 2. The van der Waals surface area contributed by atoms with E-state index >= 15 is 0 Å². The largest absolute Gasteiger partial charge is 0.507 e. The molecular formula is C22H21BrClN3O2. The second-order valence-electron chi connectivity index (χ2n) is 7.29. The van der Waals surface area contributed by atoms with E-state index in [2.05, 4.69) is 33.1 Å². The highest BCUT2D eigenvalue weighted by molar-refractivity contribution is 9.10. The van der Waals surface area contributed by atoms with E-state index < -0.39 is 0 Å². The van der Waals surface area contributed by atoms with Gasteiger partial charge in [0.15, 0.2) is 0 Å². The molecule has 2 N–H and O–H groups in total. The number of amides is 1. The molecule has 0 saturated carbocycles. The SMILES string of the molecule is CCCCN1C(=O)c2[nH]nc(-c3cc(Cl)c(C)cc3O)c2C1c1cccc(Br)c1. The summed E-state index contributed by atoms with van der Waals surface area (Å²) in [7, 11) is 0. The third kappa shape index (κ3) is 3.45. The van der Waals surface area contributed by atoms with Gasteiger partial charge in [0.25, 0.3) is 5.91 Å². The van der Waals surface area contributed by atoms with Gasteiger partial charge >= 0.3 is 0 Å². The van der Waals surface area contributed by atoms with Crippen LogP contribution in [0.2, 0.25) is 5.02 Å². The lowest BCUT2D eigenvalue weighted by Crippen LogP contribution is -2.30. The van der Waals surface area contributed by atoms with Gasteiger partial charge in [0.2, 0.25) is 0 Å². The number of aromatic nitrogens is 2. The van der Waals surface area contributed by atoms with E-state index in [4.69, 9.17) is 11.6 Å². The summed E-state index contributed by atoms with van der Waals surface area (Å²) in [5.74, 6) is 0.0172. The zero-order valence-corrected chi connectivity index (χ0v) is 18.5. The van der Waals surface area contributed by atoms with Crippen LogP contribution in [0.3, 0.4) is 0 Å². The van der Waals surface area contributed by atoms with Crippen LogP contribution < -0.4 is 0 Å². The van der Waals surface area contributed by atoms with Gasteiger partial charge in [-0.3, -0.25) is 9.89 Å². The summed E-state index contributed by atoms with van der Waals surface area (Å²) >= 11 is 9.86. The first-order valence-corrected chi connectivity index (χ1v) is 10.7. The van der Waals surface area contributed by atoms with Crippen molar-refractivity contribution in [2.75, 3.05) is 6.54 Å². The van der Waals surface area contributed by atoms with Gasteiger partial charge in [-0.2, -0.15) is 5.10 Å². The number of hydrogen-bond acceptors (Lipinski definition) is 3. The molecule has 0 bridgehead atoms. The monoisotopic (exact) mass is 473 g/mol. The van der Waals surface area contributed by atoms with Crippen LogP contribution in [-0.2, 0) is 0 Å². The minimum absolute atomic E-state index is 0.0742. The highest BCUT2D eigenvalue weighted by Gasteiger charge is 2.42. The van der Waals surface area contributed by atoms with Gasteiger partial charge in [-0.1, -0.05) is 53.0 Å². The topological polar surface area (TPSA) is 69.2 Å². The van der Waals surface area contributed by atoms with E-state index in [9.17, 15) is 9.90 Å². The first kappa shape index (κ1) is 20.0. The van der Waals surface area contributed by atoms with Crippen molar-refractivity contribution in [1.29, 1.82) is 0 Å². The van der Waals surface area contributed by atoms with Gasteiger partial charge in [-0.25, -0.2) is 0 Å². The number of phenols is 1. The van der Waals surface area contributed by atoms with E-state index in [-0.39, 0.29) is 17.7 Å². The quantitative estimate of drug-likeness (QED) is 0.487. The summed E-state index contributed by atoms with van der Waals surface area (Å²) in [5, 5.41) is 18.4. The molecule has 0 saturated heterocycles. The number of H-pyrrole nitrogens is 1. The second-order valence-corrected chi connectivity index (χ2v) is 8.61. The number of phenolic OH excluding ortho intramolecular Hbond substituents is 1. The number of carbonyl (C=O) groups is 1. The minimum atomic E-state index is -0.283. The molecular weight excluding hydrogens is 454 g/mol. The second kappa shape index (κ2) is 7.84. The first-order chi connectivity index (χ1) is 13.9. The zero-order chi connectivity index (χ0) is 20.7. The minimum Gasteiger partial charge on any atom is -0.507 e. The van der Waals surface area contributed by atoms with Crippen molar-refractivity contribution in [3.8, 4) is 17.0 Å². The van der Waals surface area contributed by atoms with Crippen LogP contribution in [0.5, 0.6) is 5.75 Å². The Balaban J connectivity index is 1.91. The molecule has 7 heteroatoms. The highest BCUT2D eigenvalue weighted by atomic mass is 79.9. The molecule has 1 unspecified atom stereocenters. The Morgan fingerprint density at radius 1 is 1.31 bits per heavy atom. The molecule has 1 atom stereocenters. The van der Waals surface area contributed by atoms with Gasteiger partial charge in [0.1, 0.15) is 17.1 Å². The Kier molecular flexibility index (Phi) is 5.40. The number of fused-ring (bicyclic) bond motifs is 1. The Labute approximate surface area is 182 Å². The fourth-order valence-corrected chi connectivity index (χ4v) is 4.42. The summed E-state index contributed by atoms with van der Waals surface area (Å²) in [5.41, 5.74) is 4.09. The lowest BCUT2D eigenvalue weighted by Gasteiger charge is -2.26. The maximum atomic E-state index is 13.2. The average Bonchev–Trinajstić information content (AvgIpc) is 3.22. The molecule has 4 rings (SSSR count). The average molecular weight is 475 g/mol. The smallest absolute Gasteiger partial charge is 0.273 e. The van der Waals surface area contributed by atoms with Crippen LogP contribution in [0.25, 0.3) is 11.3 Å². The number of aryl methyl sites for hydroxylation is 1. The maximum Gasteiger partial charge on any atom is 0.273 e. The standard InChI is InChI=1S/C22H21BrClN3O2/c1-3-4-8-27-21(13-6-5-7-14(23)10-13)18-19(25-26-20(18)22(27)29)15-11-16(24)12(2)9-17(15)28/h5-7,9-11,21,28H,3-4,8H2,1-2H3,(H,25,26). The number of nitrogens with one attached hydrogen (secondary N) is 1. The lowest BCUT2D eigenvalue weighted by molar-refractivity contribution is 0.0741. The number of aromatic hydroxyl groups is 1. The lowest BCUT2D eigenvalue weighted by atomic mass is 9.95. The number of unbranched alkanes of at least 4 members (excludes halogenated alkanes) is 1. The number of benzene rings is 2. The Morgan fingerprint density at radius 3 is 2.83 bits per heavy atom. The van der Waals surface area contributed by atoms with E-state index in [0.717, 1.165) is 34.0 Å². The molecule has 150 valence electrons. The maximum absolute atomic E-state index is 13.2. The van der Waals surface area contributed by atoms with Gasteiger partial charge in [-0.15, -0.1) is 0 Å². The van der Waals surface area contributed by atoms with E-state index in [1.807, 2.05) is 36.1 Å². The van der Waals surface area contributed by atoms with Gasteiger partial charge in [-0.05, 0) is 48.7 Å². The molecule has 2 heterocycles. The van der Waals surface area contributed by atoms with Gasteiger partial charge in [0, 0.05) is 27.2 Å². The van der Waals surface area contributed by atoms with Crippen molar-refractivity contribution < 1.29 is 9.90 Å². The number of rotatable bonds is 5. The molecule has 3 aromatic rings. The van der Waals surface area contributed by atoms with Crippen LogP contribution in [0.1, 0.15) is 53.0 Å². The number of carbonyl (C=O) groups excluding carboxylic acids is 1. The molecule has 0 radical (unpaired) electrons. The number of aromatic amines is 1. The summed E-state index contributed by atoms with van der Waals surface area (Å²) < 4.78 is 0.942. The van der Waals surface area contributed by atoms with Crippen molar-refractivity contribution in [3.05, 3.63) is 68.3 Å². The molecule has 1 aliphatic heterocycles. The van der Waals surface area contributed by atoms with Crippen LogP contribution in [0.15, 0.2) is 40.9 Å². The van der Waals surface area contributed by atoms with Crippen molar-refractivity contribution in [2.45, 2.75) is 32.7 Å².